The van der Waals surface area contributed by atoms with E-state index in [0.717, 1.165) is 0 Å². The highest BCUT2D eigenvalue weighted by Crippen LogP contribution is 2.10. The highest BCUT2D eigenvalue weighted by Gasteiger charge is 2.14. The molecule has 2 amide bonds. The Kier molecular flexibility index (Phi) is 2.86. The Balaban J connectivity index is 2.75. The van der Waals surface area contributed by atoms with Crippen LogP contribution in [0.25, 0.3) is 0 Å². The van der Waals surface area contributed by atoms with E-state index in [1.165, 1.54) is 11.1 Å². The fourth-order valence-electron chi connectivity index (χ4n) is 1.00. The van der Waals surface area contributed by atoms with Crippen LogP contribution in [0.5, 0.6) is 0 Å². The van der Waals surface area contributed by atoms with Gasteiger partial charge in [0.1, 0.15) is 0 Å². The number of nitrogens with one attached hydrogen (secondary N) is 1. The Morgan fingerprint density at radius 1 is 1.85 bits per heavy atom. The molecule has 1 rings (SSSR count). The van der Waals surface area contributed by atoms with Crippen LogP contribution in [0, 0.1) is 0 Å². The molecule has 1 aromatic heterocycles. The van der Waals surface area contributed by atoms with Crippen LogP contribution in [0.1, 0.15) is 6.92 Å². The molecule has 0 bridgehead atoms. The van der Waals surface area contributed by atoms with Crippen LogP contribution in [-0.2, 0) is 0 Å². The maximum Gasteiger partial charge on any atom is 0.319 e. The summed E-state index contributed by atoms with van der Waals surface area (Å²) >= 11 is 0. The Morgan fingerprint density at radius 2 is 2.54 bits per heavy atom. The number of carbonyl (C=O) groups excluding carboxylic acids is 1. The number of carbonyl (C=O) groups is 1. The number of nitrogens with zero attached hydrogens (tertiary/aromatic N) is 2. The minimum Gasteiger partial charge on any atom is -0.351 e. The zero-order valence-corrected chi connectivity index (χ0v) is 7.40. The maximum atomic E-state index is 11.0. The average Bonchev–Trinajstić information content (AvgIpc) is 2.50. The maximum absolute atomic E-state index is 11.0. The summed E-state index contributed by atoms with van der Waals surface area (Å²) in [5.74, 6) is 0. The molecule has 6 nitrogen and oxygen atoms in total. The number of hydrogen-bond acceptors (Lipinski definition) is 3. The largest absolute Gasteiger partial charge is 0.351 e. The topological polar surface area (TPSA) is 101 Å². The third-order valence-electron chi connectivity index (χ3n) is 1.53. The number of aromatic amines is 1. The van der Waals surface area contributed by atoms with E-state index in [-0.39, 0.29) is 6.04 Å². The van der Waals surface area contributed by atoms with Crippen molar-refractivity contribution in [1.82, 2.24) is 10.2 Å². The van der Waals surface area contributed by atoms with Crippen molar-refractivity contribution in [2.75, 3.05) is 11.4 Å². The lowest BCUT2D eigenvalue weighted by Crippen LogP contribution is -2.42. The summed E-state index contributed by atoms with van der Waals surface area (Å²) in [5.41, 5.74) is 11.4. The third-order valence-corrected chi connectivity index (χ3v) is 1.53. The lowest BCUT2D eigenvalue weighted by Gasteiger charge is -2.20. The van der Waals surface area contributed by atoms with Gasteiger partial charge in [-0.1, -0.05) is 0 Å². The lowest BCUT2D eigenvalue weighted by atomic mass is 10.3. The number of primary amides is 1. The van der Waals surface area contributed by atoms with Crippen molar-refractivity contribution in [2.24, 2.45) is 11.5 Å². The predicted octanol–water partition coefficient (Wildman–Crippen LogP) is -0.358. The highest BCUT2D eigenvalue weighted by atomic mass is 16.2. The van der Waals surface area contributed by atoms with Gasteiger partial charge in [-0.3, -0.25) is 10.00 Å². The van der Waals surface area contributed by atoms with E-state index in [4.69, 9.17) is 11.5 Å². The number of urea groups is 1. The van der Waals surface area contributed by atoms with Crippen molar-refractivity contribution in [3.05, 3.63) is 12.4 Å². The molecular weight excluding hydrogens is 170 g/mol. The second-order valence-electron chi connectivity index (χ2n) is 2.88. The number of rotatable bonds is 3. The van der Waals surface area contributed by atoms with Crippen LogP contribution in [0.3, 0.4) is 0 Å². The fraction of sp³-hybridized carbons (Fsp3) is 0.429. The quantitative estimate of drug-likeness (QED) is 0.596. The van der Waals surface area contributed by atoms with E-state index in [0.29, 0.717) is 12.2 Å². The van der Waals surface area contributed by atoms with Crippen molar-refractivity contribution < 1.29 is 4.79 Å². The number of amides is 2. The summed E-state index contributed by atoms with van der Waals surface area (Å²) in [4.78, 5) is 12.4. The molecule has 1 heterocycles. The fourth-order valence-corrected chi connectivity index (χ4v) is 1.00. The Labute approximate surface area is 75.9 Å². The molecule has 0 aromatic carbocycles. The summed E-state index contributed by atoms with van der Waals surface area (Å²) in [6, 6.07) is -0.652. The standard InChI is InChI=1S/C7H13N5O/c1-5(8)4-12(7(9)13)6-2-10-11-3-6/h2-3,5H,4,8H2,1H3,(H2,9,13)(H,10,11). The highest BCUT2D eigenvalue weighted by molar-refractivity contribution is 5.90. The van der Waals surface area contributed by atoms with Gasteiger partial charge in [0, 0.05) is 18.8 Å². The van der Waals surface area contributed by atoms with Crippen LogP contribution >= 0.6 is 0 Å². The van der Waals surface area contributed by atoms with Gasteiger partial charge in [-0.05, 0) is 6.92 Å². The van der Waals surface area contributed by atoms with Gasteiger partial charge < -0.3 is 11.5 Å². The molecule has 0 aliphatic heterocycles. The minimum absolute atomic E-state index is 0.123. The number of nitrogens with two attached hydrogens (primary N) is 2. The van der Waals surface area contributed by atoms with E-state index in [1.807, 2.05) is 0 Å². The van der Waals surface area contributed by atoms with Crippen LogP contribution in [-0.4, -0.2) is 28.8 Å². The Hall–Kier alpha value is -1.56. The van der Waals surface area contributed by atoms with Crippen molar-refractivity contribution in [3.63, 3.8) is 0 Å². The molecule has 0 saturated heterocycles. The number of hydrogen-bond donors (Lipinski definition) is 3. The van der Waals surface area contributed by atoms with Gasteiger partial charge >= 0.3 is 6.03 Å². The number of anilines is 1. The van der Waals surface area contributed by atoms with Gasteiger partial charge in [-0.2, -0.15) is 5.10 Å². The molecule has 0 aliphatic rings. The Bertz CT molecular complexity index is 268. The van der Waals surface area contributed by atoms with E-state index < -0.39 is 6.03 Å². The van der Waals surface area contributed by atoms with Crippen molar-refractivity contribution in [3.8, 4) is 0 Å². The molecule has 0 spiro atoms. The minimum atomic E-state index is -0.529. The summed E-state index contributed by atoms with van der Waals surface area (Å²) < 4.78 is 0. The molecule has 1 aromatic rings. The molecule has 0 saturated carbocycles. The summed E-state index contributed by atoms with van der Waals surface area (Å²) in [7, 11) is 0. The number of aromatic nitrogens is 2. The van der Waals surface area contributed by atoms with Crippen molar-refractivity contribution in [1.29, 1.82) is 0 Å². The monoisotopic (exact) mass is 183 g/mol. The molecule has 13 heavy (non-hydrogen) atoms. The molecule has 1 atom stereocenters. The van der Waals surface area contributed by atoms with Gasteiger partial charge in [0.2, 0.25) is 0 Å². The lowest BCUT2D eigenvalue weighted by molar-refractivity contribution is 0.253. The second-order valence-corrected chi connectivity index (χ2v) is 2.88. The van der Waals surface area contributed by atoms with Crippen LogP contribution in [0.15, 0.2) is 12.4 Å². The Morgan fingerprint density at radius 3 is 2.92 bits per heavy atom. The van der Waals surface area contributed by atoms with Crippen LogP contribution in [0.2, 0.25) is 0 Å². The first kappa shape index (κ1) is 9.53. The smallest absolute Gasteiger partial charge is 0.319 e. The van der Waals surface area contributed by atoms with E-state index in [2.05, 4.69) is 10.2 Å². The van der Waals surface area contributed by atoms with Gasteiger partial charge in [-0.15, -0.1) is 0 Å². The summed E-state index contributed by atoms with van der Waals surface area (Å²) in [5, 5.41) is 6.32. The first-order chi connectivity index (χ1) is 6.11. The first-order valence-electron chi connectivity index (χ1n) is 3.92. The predicted molar refractivity (Wildman–Crippen MR) is 49.2 cm³/mol. The first-order valence-corrected chi connectivity index (χ1v) is 3.92. The summed E-state index contributed by atoms with van der Waals surface area (Å²) in [6.07, 6.45) is 3.11. The molecule has 0 radical (unpaired) electrons. The van der Waals surface area contributed by atoms with Gasteiger partial charge in [-0.25, -0.2) is 4.79 Å². The average molecular weight is 183 g/mol. The van der Waals surface area contributed by atoms with Gasteiger partial charge in [0.05, 0.1) is 11.9 Å². The molecule has 5 N–H and O–H groups in total. The van der Waals surface area contributed by atoms with Crippen molar-refractivity contribution in [2.45, 2.75) is 13.0 Å². The molecule has 72 valence electrons. The third kappa shape index (κ3) is 2.45. The SMILES string of the molecule is CC(N)CN(C(N)=O)c1cn[nH]c1. The molecule has 0 aliphatic carbocycles. The van der Waals surface area contributed by atoms with E-state index in [1.54, 1.807) is 13.1 Å². The molecule has 0 fully saturated rings. The van der Waals surface area contributed by atoms with Crippen LogP contribution in [0.4, 0.5) is 10.5 Å². The second kappa shape index (κ2) is 3.90. The normalized spacial score (nSPS) is 12.5. The summed E-state index contributed by atoms with van der Waals surface area (Å²) in [6.45, 7) is 2.19. The van der Waals surface area contributed by atoms with Gasteiger partial charge in [0.25, 0.3) is 0 Å². The van der Waals surface area contributed by atoms with Gasteiger partial charge in [0.15, 0.2) is 0 Å². The van der Waals surface area contributed by atoms with E-state index in [9.17, 15) is 4.79 Å². The zero-order chi connectivity index (χ0) is 9.84. The van der Waals surface area contributed by atoms with E-state index >= 15 is 0 Å². The number of H-pyrrole nitrogens is 1. The molecule has 1 unspecified atom stereocenters. The zero-order valence-electron chi connectivity index (χ0n) is 7.40. The molecule has 6 heteroatoms. The van der Waals surface area contributed by atoms with Crippen molar-refractivity contribution >= 4 is 11.7 Å². The molecular formula is C7H13N5O. The van der Waals surface area contributed by atoms with Crippen LogP contribution < -0.4 is 16.4 Å².